The first-order valence-corrected chi connectivity index (χ1v) is 24.6. The zero-order valence-corrected chi connectivity index (χ0v) is 40.9. The second-order valence-corrected chi connectivity index (χ2v) is 18.6. The second kappa shape index (κ2) is 17.1. The molecule has 0 N–H and O–H groups in total. The molecule has 0 saturated heterocycles. The number of rotatable bonds is 6. The number of hydrogen-bond acceptors (Lipinski definition) is 2. The molecule has 0 aliphatic carbocycles. The van der Waals surface area contributed by atoms with Crippen molar-refractivity contribution in [3.63, 3.8) is 0 Å². The summed E-state index contributed by atoms with van der Waals surface area (Å²) < 4.78 is 305. The van der Waals surface area contributed by atoms with Crippen molar-refractivity contribution in [2.24, 2.45) is 0 Å². The Morgan fingerprint density at radius 1 is 0.370 bits per heavy atom. The van der Waals surface area contributed by atoms with Gasteiger partial charge in [0.15, 0.2) is 0 Å². The van der Waals surface area contributed by atoms with Gasteiger partial charge in [-0.05, 0) is 82.8 Å². The monoisotopic (exact) mass is 1060 g/mol. The standard InChI is InChI=1S/C74H42N6O/c1-76-69-71(77-58-34-14-7-26-48(58)49-27-8-15-35-59(49)77)57(44-75)72(78-60-36-16-9-28-50(60)51-29-10-17-37-61(51)78)74(73(69)79-62-38-18-11-30-52(62)53-31-12-19-39-63(53)79)80-64-40-21-33-54(47-25-6-5-24-46(47)45-22-3-2-4-23-45)67(64)56-42-43-66-68(70(56)80)55-32-13-20-41-65(55)81-66/h2-43H/i2D,3D,4D,5D,6D,7D,8D,9D,10D,11D,12D,14D,15D,16D,17D,18D,19D,22D,25D,26D,27D,28D,29D,30D,31D,34D,35D,36D,37D,38D,39D. The van der Waals surface area contributed by atoms with E-state index in [1.807, 2.05) is 0 Å². The van der Waals surface area contributed by atoms with Gasteiger partial charge in [0.05, 0.1) is 127 Å². The number of fused-ring (bicyclic) bond motifs is 16. The summed E-state index contributed by atoms with van der Waals surface area (Å²) in [6.45, 7) is 10.0. The van der Waals surface area contributed by atoms with E-state index in [-0.39, 0.29) is 66.0 Å². The zero-order chi connectivity index (χ0) is 80.4. The van der Waals surface area contributed by atoms with Crippen LogP contribution < -0.4 is 0 Å². The molecule has 0 amide bonds. The van der Waals surface area contributed by atoms with Crippen molar-refractivity contribution in [3.05, 3.63) is 271 Å². The quantitative estimate of drug-likeness (QED) is 0.156. The van der Waals surface area contributed by atoms with E-state index in [1.54, 1.807) is 24.3 Å². The molecule has 0 fully saturated rings. The predicted molar refractivity (Wildman–Crippen MR) is 333 cm³/mol. The highest BCUT2D eigenvalue weighted by atomic mass is 16.3. The average molecular weight is 1060 g/mol. The van der Waals surface area contributed by atoms with Gasteiger partial charge in [0.25, 0.3) is 0 Å². The summed E-state index contributed by atoms with van der Waals surface area (Å²) in [6, 6.07) is -10.7. The van der Waals surface area contributed by atoms with Gasteiger partial charge in [-0.15, -0.1) is 0 Å². The zero-order valence-electron chi connectivity index (χ0n) is 71.9. The van der Waals surface area contributed by atoms with Crippen LogP contribution in [-0.2, 0) is 0 Å². The van der Waals surface area contributed by atoms with E-state index in [9.17, 15) is 46.1 Å². The lowest BCUT2D eigenvalue weighted by Crippen LogP contribution is -2.14. The van der Waals surface area contributed by atoms with Crippen molar-refractivity contribution < 1.29 is 46.9 Å². The van der Waals surface area contributed by atoms with Crippen molar-refractivity contribution >= 4 is 115 Å². The summed E-state index contributed by atoms with van der Waals surface area (Å²) in [5.74, 6) is 0. The molecule has 0 spiro atoms. The highest BCUT2D eigenvalue weighted by molar-refractivity contribution is 6.28. The lowest BCUT2D eigenvalue weighted by molar-refractivity contribution is 0.669. The molecule has 0 atom stereocenters. The summed E-state index contributed by atoms with van der Waals surface area (Å²) in [5, 5.41) is 9.43. The molecule has 12 aromatic carbocycles. The third kappa shape index (κ3) is 6.09. The van der Waals surface area contributed by atoms with E-state index in [0.717, 1.165) is 25.8 Å². The van der Waals surface area contributed by atoms with Gasteiger partial charge in [-0.25, -0.2) is 4.85 Å². The topological polar surface area (TPSA) is 61.0 Å². The third-order valence-electron chi connectivity index (χ3n) is 14.7. The number of para-hydroxylation sites is 7. The molecule has 0 bridgehead atoms. The lowest BCUT2D eigenvalue weighted by atomic mass is 9.92. The summed E-state index contributed by atoms with van der Waals surface area (Å²) in [6.07, 6.45) is 0. The van der Waals surface area contributed by atoms with Crippen LogP contribution >= 0.6 is 0 Å². The summed E-state index contributed by atoms with van der Waals surface area (Å²) in [5.41, 5.74) is -11.6. The molecule has 0 radical (unpaired) electrons. The van der Waals surface area contributed by atoms with Crippen LogP contribution in [0.25, 0.3) is 159 Å². The Balaban J connectivity index is 1.31. The van der Waals surface area contributed by atoms with E-state index >= 15 is 0 Å². The van der Waals surface area contributed by atoms with Gasteiger partial charge >= 0.3 is 0 Å². The predicted octanol–water partition coefficient (Wildman–Crippen LogP) is 19.7. The Kier molecular flexibility index (Phi) is 5.08. The van der Waals surface area contributed by atoms with E-state index < -0.39 is 287 Å². The molecule has 5 aromatic heterocycles. The molecule has 0 unspecified atom stereocenters. The largest absolute Gasteiger partial charge is 0.456 e. The molecule has 17 aromatic rings. The first-order valence-electron chi connectivity index (χ1n) is 40.1. The number of aromatic nitrogens is 4. The number of furan rings is 1. The van der Waals surface area contributed by atoms with Gasteiger partial charge in [-0.3, -0.25) is 0 Å². The van der Waals surface area contributed by atoms with Crippen LogP contribution in [-0.4, -0.2) is 18.3 Å². The maximum atomic E-state index is 13.2. The fourth-order valence-electron chi connectivity index (χ4n) is 11.7. The molecule has 0 aliphatic heterocycles. The van der Waals surface area contributed by atoms with Crippen LogP contribution in [0.4, 0.5) is 5.69 Å². The number of nitriles is 1. The van der Waals surface area contributed by atoms with Gasteiger partial charge in [0.2, 0.25) is 5.69 Å². The summed E-state index contributed by atoms with van der Waals surface area (Å²) in [4.78, 5) is 4.23. The van der Waals surface area contributed by atoms with E-state index in [1.165, 1.54) is 34.9 Å². The maximum absolute atomic E-state index is 13.2. The number of nitrogens with zero attached hydrogens (tertiary/aromatic N) is 6. The minimum absolute atomic E-state index is 0.0211. The molecule has 81 heavy (non-hydrogen) atoms. The van der Waals surface area contributed by atoms with Gasteiger partial charge < -0.3 is 22.7 Å². The number of benzene rings is 12. The van der Waals surface area contributed by atoms with Crippen LogP contribution in [0.15, 0.2) is 258 Å². The molecular formula is C74H42N6O. The summed E-state index contributed by atoms with van der Waals surface area (Å²) >= 11 is 0. The van der Waals surface area contributed by atoms with Crippen molar-refractivity contribution in [1.82, 2.24) is 18.3 Å². The normalized spacial score (nSPS) is 17.3. The van der Waals surface area contributed by atoms with Gasteiger partial charge in [-0.2, -0.15) is 5.26 Å². The fourth-order valence-corrected chi connectivity index (χ4v) is 11.7. The van der Waals surface area contributed by atoms with Crippen molar-refractivity contribution in [2.75, 3.05) is 0 Å². The molecular weight excluding hydrogens is 989 g/mol. The highest BCUT2D eigenvalue weighted by Crippen LogP contribution is 2.54. The van der Waals surface area contributed by atoms with Crippen LogP contribution in [0.1, 0.15) is 48.1 Å². The Labute approximate surface area is 506 Å². The molecule has 374 valence electrons. The first kappa shape index (κ1) is 24.1. The minimum atomic E-state index is -1.08. The molecule has 5 heterocycles. The second-order valence-electron chi connectivity index (χ2n) is 18.6. The SMILES string of the molecule is [2H]c1cc(-c2cc([2H])c([2H])c([2H])c2-c2cccc3c2c2ccc4oc5ccccc5c4c2n3-c2c(-n3c4c([2H])c([2H])c([2H])c([2H])c4c4c([2H])c([2H])c([2H])c([2H])c43)c(C#N)c(-n3c4c([2H])c([2H])c([2H])c([2H])c4c4c([2H])c([2H])c([2H])c([2H])c43)c([N+]#[C-])c2-n2c3c([2H])c([2H])c([2H])c([2H])c3c3c([2H])c([2H])c([2H])c([2H])c32)c([2H])c([2H])c1[2H]. The van der Waals surface area contributed by atoms with E-state index in [4.69, 9.17) is 12.6 Å². The highest BCUT2D eigenvalue weighted by Gasteiger charge is 2.35. The molecule has 0 saturated carbocycles. The Morgan fingerprint density at radius 2 is 0.889 bits per heavy atom. The minimum Gasteiger partial charge on any atom is -0.456 e. The van der Waals surface area contributed by atoms with Gasteiger partial charge in [0, 0.05) is 48.5 Å². The first-order chi connectivity index (χ1) is 53.0. The summed E-state index contributed by atoms with van der Waals surface area (Å²) in [7, 11) is 0. The third-order valence-corrected chi connectivity index (χ3v) is 14.7. The van der Waals surface area contributed by atoms with Gasteiger partial charge in [-0.1, -0.05) is 194 Å². The van der Waals surface area contributed by atoms with Crippen LogP contribution in [0.2, 0.25) is 0 Å². The molecule has 7 nitrogen and oxygen atoms in total. The maximum Gasteiger partial charge on any atom is 0.237 e. The van der Waals surface area contributed by atoms with Crippen LogP contribution in [0.5, 0.6) is 0 Å². The molecule has 7 heteroatoms. The van der Waals surface area contributed by atoms with Crippen LogP contribution in [0, 0.1) is 17.9 Å². The van der Waals surface area contributed by atoms with Gasteiger partial charge in [0.1, 0.15) is 17.2 Å². The smallest absolute Gasteiger partial charge is 0.237 e. The van der Waals surface area contributed by atoms with Crippen LogP contribution in [0.3, 0.4) is 0 Å². The van der Waals surface area contributed by atoms with Crippen molar-refractivity contribution in [1.29, 1.82) is 5.26 Å². The Morgan fingerprint density at radius 3 is 1.47 bits per heavy atom. The molecule has 17 rings (SSSR count). The molecule has 0 aliphatic rings. The van der Waals surface area contributed by atoms with E-state index in [2.05, 4.69) is 10.9 Å². The van der Waals surface area contributed by atoms with Crippen molar-refractivity contribution in [2.45, 2.75) is 0 Å². The van der Waals surface area contributed by atoms with Crippen molar-refractivity contribution in [3.8, 4) is 51.1 Å². The Bertz CT molecular complexity index is 7130. The average Bonchev–Trinajstić information content (AvgIpc) is 1.56. The Hall–Kier alpha value is -11.4. The lowest BCUT2D eigenvalue weighted by Gasteiger charge is -2.27. The number of hydrogen-bond donors (Lipinski definition) is 0. The van der Waals surface area contributed by atoms with E-state index in [0.29, 0.717) is 0 Å². The fraction of sp³-hybridized carbons (Fsp3) is 0.